The third-order valence-electron chi connectivity index (χ3n) is 3.02. The molecule has 7 heteroatoms. The number of benzene rings is 1. The van der Waals surface area contributed by atoms with Gasteiger partial charge in [-0.1, -0.05) is 12.1 Å². The molecule has 1 aromatic rings. The number of rotatable bonds is 2. The van der Waals surface area contributed by atoms with Crippen LogP contribution in [-0.2, 0) is 9.31 Å². The largest absolute Gasteiger partial charge is 0.498 e. The number of nitrogens with one attached hydrogen (secondary N) is 1. The molecule has 0 bridgehead atoms. The predicted octanol–water partition coefficient (Wildman–Crippen LogP) is 0.130. The van der Waals surface area contributed by atoms with Gasteiger partial charge in [0.05, 0.1) is 12.7 Å². The number of hydrogen-bond donors (Lipinski definition) is 2. The third-order valence-corrected chi connectivity index (χ3v) is 3.02. The molecular weight excluding hydrogens is 237 g/mol. The number of hydrogen-bond acceptors (Lipinski definition) is 4. The van der Waals surface area contributed by atoms with Crippen molar-refractivity contribution in [3.05, 3.63) is 23.8 Å². The minimum absolute atomic E-state index is 0.200. The van der Waals surface area contributed by atoms with Gasteiger partial charge in [0.2, 0.25) is 0 Å². The molecule has 94 valence electrons. The average Bonchev–Trinajstić information content (AvgIpc) is 2.57. The van der Waals surface area contributed by atoms with Gasteiger partial charge in [0, 0.05) is 12.0 Å². The van der Waals surface area contributed by atoms with Crippen LogP contribution >= 0.6 is 0 Å². The van der Waals surface area contributed by atoms with Crippen LogP contribution in [0, 0.1) is 0 Å². The Morgan fingerprint density at radius 3 is 3.22 bits per heavy atom. The summed E-state index contributed by atoms with van der Waals surface area (Å²) >= 11 is 0. The topological polar surface area (TPSA) is 77.0 Å². The summed E-state index contributed by atoms with van der Waals surface area (Å²) in [6, 6.07) is 5.65. The molecule has 1 atom stereocenters. The summed E-state index contributed by atoms with van der Waals surface area (Å²) in [5.41, 5.74) is 1.81. The first-order valence-corrected chi connectivity index (χ1v) is 5.75. The lowest BCUT2D eigenvalue weighted by Crippen LogP contribution is -2.32. The first kappa shape index (κ1) is 11.4. The minimum atomic E-state index is -1.07. The van der Waals surface area contributed by atoms with E-state index in [2.05, 4.69) is 5.32 Å². The standard InChI is InChI=1S/C11H12BNO5/c14-11(15)13-6-9-7-2-1-3-8-10(7)12(18-9)17-5-4-16-8/h1-3,9,13H,4-6H2,(H,14,15)/t9-/m1/s1. The third kappa shape index (κ3) is 1.91. The Morgan fingerprint density at radius 2 is 2.39 bits per heavy atom. The minimum Gasteiger partial charge on any atom is -0.492 e. The molecule has 0 saturated heterocycles. The Morgan fingerprint density at radius 1 is 1.50 bits per heavy atom. The maximum Gasteiger partial charge on any atom is 0.498 e. The zero-order valence-corrected chi connectivity index (χ0v) is 9.59. The van der Waals surface area contributed by atoms with Crippen molar-refractivity contribution in [2.75, 3.05) is 19.8 Å². The van der Waals surface area contributed by atoms with E-state index in [1.807, 2.05) is 18.2 Å². The summed E-state index contributed by atoms with van der Waals surface area (Å²) in [7, 11) is -0.459. The fourth-order valence-electron chi connectivity index (χ4n) is 2.28. The van der Waals surface area contributed by atoms with Crippen LogP contribution in [0.2, 0.25) is 0 Å². The average molecular weight is 249 g/mol. The van der Waals surface area contributed by atoms with Gasteiger partial charge >= 0.3 is 13.2 Å². The molecule has 0 fully saturated rings. The molecule has 1 amide bonds. The van der Waals surface area contributed by atoms with Crippen molar-refractivity contribution < 1.29 is 23.9 Å². The lowest BCUT2D eigenvalue weighted by Gasteiger charge is -2.13. The maximum atomic E-state index is 10.5. The molecule has 0 spiro atoms. The molecule has 0 radical (unpaired) electrons. The van der Waals surface area contributed by atoms with Crippen molar-refractivity contribution in [3.63, 3.8) is 0 Å². The van der Waals surface area contributed by atoms with E-state index >= 15 is 0 Å². The Balaban J connectivity index is 1.90. The van der Waals surface area contributed by atoms with Crippen LogP contribution in [-0.4, -0.2) is 38.1 Å². The van der Waals surface area contributed by atoms with Crippen LogP contribution < -0.4 is 15.5 Å². The summed E-state index contributed by atoms with van der Waals surface area (Å²) in [5.74, 6) is 0.757. The Labute approximate surface area is 104 Å². The van der Waals surface area contributed by atoms with E-state index in [1.165, 1.54) is 0 Å². The Kier molecular flexibility index (Phi) is 2.85. The summed E-state index contributed by atoms with van der Waals surface area (Å²) in [4.78, 5) is 10.5. The van der Waals surface area contributed by atoms with Crippen LogP contribution in [0.4, 0.5) is 4.79 Å². The fraction of sp³-hybridized carbons (Fsp3) is 0.364. The molecule has 0 unspecified atom stereocenters. The van der Waals surface area contributed by atoms with Crippen LogP contribution in [0.25, 0.3) is 0 Å². The SMILES string of the molecule is O=C(O)NC[C@H]1OB2OCCOc3cccc1c32. The van der Waals surface area contributed by atoms with Crippen molar-refractivity contribution in [2.24, 2.45) is 0 Å². The number of carboxylic acid groups (broad SMARTS) is 1. The van der Waals surface area contributed by atoms with Crippen molar-refractivity contribution in [1.29, 1.82) is 0 Å². The fourth-order valence-corrected chi connectivity index (χ4v) is 2.28. The van der Waals surface area contributed by atoms with Crippen molar-refractivity contribution in [3.8, 4) is 5.75 Å². The lowest BCUT2D eigenvalue weighted by atomic mass is 9.78. The molecule has 0 aliphatic carbocycles. The van der Waals surface area contributed by atoms with Gasteiger partial charge in [0.15, 0.2) is 0 Å². The van der Waals surface area contributed by atoms with E-state index in [4.69, 9.17) is 19.2 Å². The summed E-state index contributed by atoms with van der Waals surface area (Å²) in [6.45, 7) is 1.15. The molecule has 0 saturated carbocycles. The van der Waals surface area contributed by atoms with Gasteiger partial charge in [-0.2, -0.15) is 0 Å². The predicted molar refractivity (Wildman–Crippen MR) is 63.1 cm³/mol. The van der Waals surface area contributed by atoms with Gasteiger partial charge in [-0.05, 0) is 11.6 Å². The van der Waals surface area contributed by atoms with Gasteiger partial charge < -0.3 is 24.5 Å². The molecule has 2 heterocycles. The van der Waals surface area contributed by atoms with E-state index in [0.717, 1.165) is 16.8 Å². The molecule has 6 nitrogen and oxygen atoms in total. The van der Waals surface area contributed by atoms with E-state index in [1.54, 1.807) is 0 Å². The van der Waals surface area contributed by atoms with Crippen LogP contribution in [0.1, 0.15) is 11.7 Å². The molecular formula is C11H12BNO5. The van der Waals surface area contributed by atoms with E-state index in [9.17, 15) is 4.79 Å². The molecule has 2 N–H and O–H groups in total. The van der Waals surface area contributed by atoms with Gasteiger partial charge in [-0.25, -0.2) is 4.79 Å². The number of ether oxygens (including phenoxy) is 1. The van der Waals surface area contributed by atoms with Gasteiger partial charge in [0.25, 0.3) is 0 Å². The quantitative estimate of drug-likeness (QED) is 0.728. The zero-order valence-electron chi connectivity index (χ0n) is 9.59. The Hall–Kier alpha value is -1.73. The highest BCUT2D eigenvalue weighted by Gasteiger charge is 2.41. The molecule has 2 aliphatic heterocycles. The molecule has 0 aromatic heterocycles. The van der Waals surface area contributed by atoms with Gasteiger partial charge in [-0.15, -0.1) is 0 Å². The van der Waals surface area contributed by atoms with Crippen LogP contribution in [0.3, 0.4) is 0 Å². The van der Waals surface area contributed by atoms with E-state index in [0.29, 0.717) is 13.2 Å². The second-order valence-corrected chi connectivity index (χ2v) is 4.12. The van der Waals surface area contributed by atoms with E-state index < -0.39 is 13.2 Å². The molecule has 1 aromatic carbocycles. The smallest absolute Gasteiger partial charge is 0.492 e. The molecule has 3 rings (SSSR count). The molecule has 2 aliphatic rings. The highest BCUT2D eigenvalue weighted by molar-refractivity contribution is 6.64. The highest BCUT2D eigenvalue weighted by atomic mass is 16.6. The lowest BCUT2D eigenvalue weighted by molar-refractivity contribution is 0.138. The second kappa shape index (κ2) is 4.51. The summed E-state index contributed by atoms with van der Waals surface area (Å²) < 4.78 is 16.8. The van der Waals surface area contributed by atoms with Crippen molar-refractivity contribution >= 4 is 18.7 Å². The normalized spacial score (nSPS) is 20.9. The zero-order chi connectivity index (χ0) is 12.5. The Bertz CT molecular complexity index is 481. The van der Waals surface area contributed by atoms with Crippen LogP contribution in [0.15, 0.2) is 18.2 Å². The van der Waals surface area contributed by atoms with E-state index in [-0.39, 0.29) is 12.6 Å². The highest BCUT2D eigenvalue weighted by Crippen LogP contribution is 2.29. The van der Waals surface area contributed by atoms with Gasteiger partial charge in [-0.3, -0.25) is 0 Å². The summed E-state index contributed by atoms with van der Waals surface area (Å²) in [5, 5.41) is 11.0. The number of carbonyl (C=O) groups is 1. The maximum absolute atomic E-state index is 10.5. The van der Waals surface area contributed by atoms with Gasteiger partial charge in [0.1, 0.15) is 12.4 Å². The van der Waals surface area contributed by atoms with Crippen LogP contribution in [0.5, 0.6) is 5.75 Å². The monoisotopic (exact) mass is 249 g/mol. The number of amides is 1. The van der Waals surface area contributed by atoms with Crippen molar-refractivity contribution in [1.82, 2.24) is 5.32 Å². The second-order valence-electron chi connectivity index (χ2n) is 4.12. The summed E-state index contributed by atoms with van der Waals surface area (Å²) in [6.07, 6.45) is -1.40. The first-order valence-electron chi connectivity index (χ1n) is 5.75. The van der Waals surface area contributed by atoms with Crippen molar-refractivity contribution in [2.45, 2.75) is 6.10 Å². The molecule has 18 heavy (non-hydrogen) atoms. The first-order chi connectivity index (χ1) is 8.75.